The molecule has 0 bridgehead atoms. The summed E-state index contributed by atoms with van der Waals surface area (Å²) < 4.78 is 37.1. The summed E-state index contributed by atoms with van der Waals surface area (Å²) in [6.45, 7) is 0.622. The highest BCUT2D eigenvalue weighted by atomic mass is 19.4. The van der Waals surface area contributed by atoms with Gasteiger partial charge in [-0.1, -0.05) is 24.3 Å². The average Bonchev–Trinajstić information content (AvgIpc) is 2.37. The molecule has 98 valence electrons. The van der Waals surface area contributed by atoms with Crippen molar-refractivity contribution < 1.29 is 13.2 Å². The number of allylic oxidation sites excluding steroid dienone is 1. The zero-order chi connectivity index (χ0) is 13.0. The normalized spacial score (nSPS) is 20.1. The van der Waals surface area contributed by atoms with Gasteiger partial charge in [-0.05, 0) is 37.0 Å². The van der Waals surface area contributed by atoms with Gasteiger partial charge in [0.2, 0.25) is 0 Å². The van der Waals surface area contributed by atoms with Gasteiger partial charge in [0, 0.05) is 12.6 Å². The molecule has 0 radical (unpaired) electrons. The monoisotopic (exact) mass is 255 g/mol. The van der Waals surface area contributed by atoms with Crippen molar-refractivity contribution in [2.24, 2.45) is 0 Å². The molecule has 0 spiro atoms. The maximum Gasteiger partial charge on any atom is 0.416 e. The molecular formula is C14H16F3N. The van der Waals surface area contributed by atoms with Crippen LogP contribution in [0.5, 0.6) is 0 Å². The predicted molar refractivity (Wildman–Crippen MR) is 65.1 cm³/mol. The Hall–Kier alpha value is -1.29. The Morgan fingerprint density at radius 3 is 2.39 bits per heavy atom. The lowest BCUT2D eigenvalue weighted by atomic mass is 10.0. The third kappa shape index (κ3) is 3.60. The number of hydrogen-bond acceptors (Lipinski definition) is 1. The molecule has 0 saturated carbocycles. The van der Waals surface area contributed by atoms with Crippen molar-refractivity contribution in [3.8, 4) is 0 Å². The van der Waals surface area contributed by atoms with Crippen LogP contribution in [0.3, 0.4) is 0 Å². The standard InChI is InChI=1S/C14H16F3N/c15-14(16,17)12-8-6-11(7-9-12)10-18-13-4-2-1-3-5-13/h1-2,6-9,13,18H,3-5,10H2. The van der Waals surface area contributed by atoms with Gasteiger partial charge in [0.1, 0.15) is 0 Å². The van der Waals surface area contributed by atoms with Gasteiger partial charge in [-0.25, -0.2) is 0 Å². The second-order valence-electron chi connectivity index (χ2n) is 4.56. The topological polar surface area (TPSA) is 12.0 Å². The van der Waals surface area contributed by atoms with E-state index < -0.39 is 11.7 Å². The molecule has 0 amide bonds. The Bertz CT molecular complexity index is 406. The van der Waals surface area contributed by atoms with E-state index in [2.05, 4.69) is 17.5 Å². The van der Waals surface area contributed by atoms with E-state index >= 15 is 0 Å². The molecule has 1 unspecified atom stereocenters. The molecule has 0 aliphatic heterocycles. The van der Waals surface area contributed by atoms with E-state index in [0.29, 0.717) is 12.6 Å². The van der Waals surface area contributed by atoms with Crippen molar-refractivity contribution in [2.45, 2.75) is 38.0 Å². The molecule has 18 heavy (non-hydrogen) atoms. The second kappa shape index (κ2) is 5.57. The van der Waals surface area contributed by atoms with Crippen LogP contribution in [0, 0.1) is 0 Å². The number of alkyl halides is 3. The Morgan fingerprint density at radius 2 is 1.83 bits per heavy atom. The highest BCUT2D eigenvalue weighted by molar-refractivity contribution is 5.24. The van der Waals surface area contributed by atoms with Crippen LogP contribution in [-0.2, 0) is 12.7 Å². The van der Waals surface area contributed by atoms with E-state index in [9.17, 15) is 13.2 Å². The molecule has 4 heteroatoms. The maximum atomic E-state index is 12.4. The summed E-state index contributed by atoms with van der Waals surface area (Å²) in [4.78, 5) is 0. The maximum absolute atomic E-state index is 12.4. The van der Waals surface area contributed by atoms with Gasteiger partial charge in [0.25, 0.3) is 0 Å². The molecule has 1 atom stereocenters. The molecule has 1 N–H and O–H groups in total. The summed E-state index contributed by atoms with van der Waals surface area (Å²) in [6.07, 6.45) is 3.23. The fraction of sp³-hybridized carbons (Fsp3) is 0.429. The minimum Gasteiger partial charge on any atom is -0.310 e. The Morgan fingerprint density at radius 1 is 1.11 bits per heavy atom. The van der Waals surface area contributed by atoms with Crippen LogP contribution in [-0.4, -0.2) is 6.04 Å². The van der Waals surface area contributed by atoms with Gasteiger partial charge in [-0.3, -0.25) is 0 Å². The second-order valence-corrected chi connectivity index (χ2v) is 4.56. The minimum atomic E-state index is -4.25. The molecule has 1 aliphatic carbocycles. The average molecular weight is 255 g/mol. The number of benzene rings is 1. The highest BCUT2D eigenvalue weighted by Crippen LogP contribution is 2.29. The van der Waals surface area contributed by atoms with Crippen LogP contribution in [0.15, 0.2) is 36.4 Å². The third-order valence-corrected chi connectivity index (χ3v) is 3.15. The summed E-state index contributed by atoms with van der Waals surface area (Å²) >= 11 is 0. The lowest BCUT2D eigenvalue weighted by molar-refractivity contribution is -0.137. The van der Waals surface area contributed by atoms with Gasteiger partial charge < -0.3 is 5.32 Å². The minimum absolute atomic E-state index is 0.442. The van der Waals surface area contributed by atoms with E-state index in [1.807, 2.05) is 0 Å². The zero-order valence-corrected chi connectivity index (χ0v) is 10.0. The number of halogens is 3. The quantitative estimate of drug-likeness (QED) is 0.808. The lowest BCUT2D eigenvalue weighted by Crippen LogP contribution is -2.29. The van der Waals surface area contributed by atoms with E-state index in [0.717, 1.165) is 37.0 Å². The first-order valence-corrected chi connectivity index (χ1v) is 6.10. The largest absolute Gasteiger partial charge is 0.416 e. The first-order valence-electron chi connectivity index (χ1n) is 6.10. The Labute approximate surface area is 105 Å². The summed E-state index contributed by atoms with van der Waals surface area (Å²) in [7, 11) is 0. The fourth-order valence-electron chi connectivity index (χ4n) is 2.05. The van der Waals surface area contributed by atoms with Crippen LogP contribution in [0.1, 0.15) is 30.4 Å². The van der Waals surface area contributed by atoms with Gasteiger partial charge in [0.05, 0.1) is 5.56 Å². The molecule has 1 aliphatic rings. The van der Waals surface area contributed by atoms with E-state index in [1.165, 1.54) is 12.1 Å². The SMILES string of the molecule is FC(F)(F)c1ccc(CNC2CC=CCC2)cc1. The van der Waals surface area contributed by atoms with Crippen LogP contribution in [0.2, 0.25) is 0 Å². The number of hydrogen-bond donors (Lipinski definition) is 1. The predicted octanol–water partition coefficient (Wildman–Crippen LogP) is 3.90. The summed E-state index contributed by atoms with van der Waals surface area (Å²) in [5.74, 6) is 0. The first-order chi connectivity index (χ1) is 8.55. The van der Waals surface area contributed by atoms with Gasteiger partial charge in [-0.2, -0.15) is 13.2 Å². The van der Waals surface area contributed by atoms with Crippen LogP contribution in [0.4, 0.5) is 13.2 Å². The fourth-order valence-corrected chi connectivity index (χ4v) is 2.05. The zero-order valence-electron chi connectivity index (χ0n) is 10.0. The van der Waals surface area contributed by atoms with Crippen LogP contribution in [0.25, 0.3) is 0 Å². The molecule has 2 rings (SSSR count). The highest BCUT2D eigenvalue weighted by Gasteiger charge is 2.29. The van der Waals surface area contributed by atoms with Crippen LogP contribution < -0.4 is 5.32 Å². The van der Waals surface area contributed by atoms with Crippen molar-refractivity contribution >= 4 is 0 Å². The number of nitrogens with one attached hydrogen (secondary N) is 1. The Kier molecular flexibility index (Phi) is 4.07. The summed E-state index contributed by atoms with van der Waals surface area (Å²) in [5.41, 5.74) is 0.296. The molecule has 0 saturated heterocycles. The molecule has 0 aromatic heterocycles. The van der Waals surface area contributed by atoms with Crippen LogP contribution >= 0.6 is 0 Å². The van der Waals surface area contributed by atoms with E-state index in [1.54, 1.807) is 0 Å². The van der Waals surface area contributed by atoms with Crippen molar-refractivity contribution in [3.05, 3.63) is 47.5 Å². The summed E-state index contributed by atoms with van der Waals surface area (Å²) in [6, 6.07) is 5.79. The third-order valence-electron chi connectivity index (χ3n) is 3.15. The molecular weight excluding hydrogens is 239 g/mol. The number of rotatable bonds is 3. The van der Waals surface area contributed by atoms with Gasteiger partial charge in [-0.15, -0.1) is 0 Å². The van der Waals surface area contributed by atoms with E-state index in [4.69, 9.17) is 0 Å². The molecule has 0 fully saturated rings. The lowest BCUT2D eigenvalue weighted by Gasteiger charge is -2.19. The molecule has 1 nitrogen and oxygen atoms in total. The molecule has 1 aromatic carbocycles. The smallest absolute Gasteiger partial charge is 0.310 e. The van der Waals surface area contributed by atoms with Crippen molar-refractivity contribution in [3.63, 3.8) is 0 Å². The summed E-state index contributed by atoms with van der Waals surface area (Å²) in [5, 5.41) is 3.36. The molecule has 0 heterocycles. The van der Waals surface area contributed by atoms with Crippen molar-refractivity contribution in [1.29, 1.82) is 0 Å². The van der Waals surface area contributed by atoms with E-state index in [-0.39, 0.29) is 0 Å². The van der Waals surface area contributed by atoms with Crippen molar-refractivity contribution in [1.82, 2.24) is 5.32 Å². The Balaban J connectivity index is 1.88. The van der Waals surface area contributed by atoms with Crippen molar-refractivity contribution in [2.75, 3.05) is 0 Å². The van der Waals surface area contributed by atoms with Gasteiger partial charge in [0.15, 0.2) is 0 Å². The first kappa shape index (κ1) is 13.1. The van der Waals surface area contributed by atoms with Gasteiger partial charge >= 0.3 is 6.18 Å². The molecule has 1 aromatic rings.